The molecule has 2 heterocycles. The maximum Gasteiger partial charge on any atom is 0.234 e. The van der Waals surface area contributed by atoms with Gasteiger partial charge in [-0.15, -0.1) is 10.2 Å². The molecule has 1 amide bonds. The zero-order valence-corrected chi connectivity index (χ0v) is 16.0. The third-order valence-electron chi connectivity index (χ3n) is 3.50. The Kier molecular flexibility index (Phi) is 5.14. The number of furan rings is 1. The Hall–Kier alpha value is -2.26. The number of aromatic nitrogens is 3. The van der Waals surface area contributed by atoms with Crippen LogP contribution in [0.15, 0.2) is 44.6 Å². The molecule has 0 saturated heterocycles. The number of hydrogen-bond donors (Lipinski definition) is 2. The first-order valence-electron chi connectivity index (χ1n) is 7.39. The van der Waals surface area contributed by atoms with Crippen molar-refractivity contribution in [2.75, 3.05) is 16.9 Å². The number of rotatable bonds is 5. The molecule has 0 bridgehead atoms. The Morgan fingerprint density at radius 1 is 1.36 bits per heavy atom. The summed E-state index contributed by atoms with van der Waals surface area (Å²) in [4.78, 5) is 12.2. The molecular weight excluding hydrogens is 406 g/mol. The van der Waals surface area contributed by atoms with Gasteiger partial charge in [0, 0.05) is 4.47 Å². The highest BCUT2D eigenvalue weighted by atomic mass is 79.9. The van der Waals surface area contributed by atoms with E-state index >= 15 is 0 Å². The number of hydrogen-bond acceptors (Lipinski definition) is 6. The normalized spacial score (nSPS) is 10.8. The van der Waals surface area contributed by atoms with Gasteiger partial charge in [0.05, 0.1) is 23.3 Å². The summed E-state index contributed by atoms with van der Waals surface area (Å²) in [5, 5.41) is 11.4. The SMILES string of the molecule is Cc1ccc(NC(=O)CSc2nnc(-c3ccoc3C)n2N)c(Br)c1. The van der Waals surface area contributed by atoms with Crippen molar-refractivity contribution in [3.8, 4) is 11.4 Å². The summed E-state index contributed by atoms with van der Waals surface area (Å²) >= 11 is 4.65. The molecular formula is C16H16BrN5O2S. The zero-order valence-electron chi connectivity index (χ0n) is 13.6. The van der Waals surface area contributed by atoms with Gasteiger partial charge >= 0.3 is 0 Å². The second-order valence-corrected chi connectivity index (χ2v) is 7.18. The van der Waals surface area contributed by atoms with Crippen molar-refractivity contribution in [3.63, 3.8) is 0 Å². The van der Waals surface area contributed by atoms with Crippen LogP contribution in [0.4, 0.5) is 5.69 Å². The molecule has 0 atom stereocenters. The van der Waals surface area contributed by atoms with E-state index in [1.54, 1.807) is 12.3 Å². The van der Waals surface area contributed by atoms with Gasteiger partial charge in [0.2, 0.25) is 11.1 Å². The number of benzene rings is 1. The van der Waals surface area contributed by atoms with Crippen LogP contribution in [0.1, 0.15) is 11.3 Å². The lowest BCUT2D eigenvalue weighted by atomic mass is 10.2. The van der Waals surface area contributed by atoms with Crippen LogP contribution < -0.4 is 11.2 Å². The number of carbonyl (C=O) groups excluding carboxylic acids is 1. The quantitative estimate of drug-likeness (QED) is 0.483. The number of nitrogens with two attached hydrogens (primary N) is 1. The summed E-state index contributed by atoms with van der Waals surface area (Å²) in [6.07, 6.45) is 1.57. The van der Waals surface area contributed by atoms with Gasteiger partial charge in [-0.3, -0.25) is 4.79 Å². The second kappa shape index (κ2) is 7.32. The number of amides is 1. The molecule has 3 rings (SSSR count). The molecule has 0 fully saturated rings. The van der Waals surface area contributed by atoms with Gasteiger partial charge in [0.25, 0.3) is 0 Å². The molecule has 0 unspecified atom stereocenters. The number of nitrogens with one attached hydrogen (secondary N) is 1. The van der Waals surface area contributed by atoms with E-state index in [-0.39, 0.29) is 11.7 Å². The lowest BCUT2D eigenvalue weighted by Crippen LogP contribution is -2.16. The molecule has 0 aliphatic rings. The van der Waals surface area contributed by atoms with E-state index < -0.39 is 0 Å². The number of thioether (sulfide) groups is 1. The van der Waals surface area contributed by atoms with E-state index in [1.165, 1.54) is 16.4 Å². The first-order valence-corrected chi connectivity index (χ1v) is 9.17. The number of nitrogen functional groups attached to an aromatic ring is 1. The lowest BCUT2D eigenvalue weighted by Gasteiger charge is -2.08. The third-order valence-corrected chi connectivity index (χ3v) is 5.09. The third kappa shape index (κ3) is 3.88. The second-order valence-electron chi connectivity index (χ2n) is 5.39. The Balaban J connectivity index is 1.65. The summed E-state index contributed by atoms with van der Waals surface area (Å²) in [5.74, 6) is 7.25. The highest BCUT2D eigenvalue weighted by Crippen LogP contribution is 2.26. The van der Waals surface area contributed by atoms with Gasteiger partial charge in [0.15, 0.2) is 5.82 Å². The van der Waals surface area contributed by atoms with Gasteiger partial charge in [-0.1, -0.05) is 17.8 Å². The van der Waals surface area contributed by atoms with Gasteiger partial charge in [-0.25, -0.2) is 4.68 Å². The Morgan fingerprint density at radius 3 is 2.84 bits per heavy atom. The van der Waals surface area contributed by atoms with Crippen LogP contribution >= 0.6 is 27.7 Å². The molecule has 0 radical (unpaired) electrons. The van der Waals surface area contributed by atoms with Crippen LogP contribution in [-0.2, 0) is 4.79 Å². The molecule has 0 saturated carbocycles. The summed E-state index contributed by atoms with van der Waals surface area (Å²) in [7, 11) is 0. The van der Waals surface area contributed by atoms with E-state index in [1.807, 2.05) is 32.0 Å². The molecule has 130 valence electrons. The van der Waals surface area contributed by atoms with Crippen LogP contribution in [-0.4, -0.2) is 26.5 Å². The smallest absolute Gasteiger partial charge is 0.234 e. The van der Waals surface area contributed by atoms with Crippen molar-refractivity contribution in [2.45, 2.75) is 19.0 Å². The predicted octanol–water partition coefficient (Wildman–Crippen LogP) is 3.36. The first kappa shape index (κ1) is 17.6. The van der Waals surface area contributed by atoms with Crippen LogP contribution in [0.5, 0.6) is 0 Å². The van der Waals surface area contributed by atoms with E-state index in [2.05, 4.69) is 31.4 Å². The van der Waals surface area contributed by atoms with Crippen molar-refractivity contribution in [2.24, 2.45) is 0 Å². The summed E-state index contributed by atoms with van der Waals surface area (Å²) < 4.78 is 7.45. The van der Waals surface area contributed by atoms with E-state index in [9.17, 15) is 4.79 Å². The van der Waals surface area contributed by atoms with Crippen LogP contribution in [0, 0.1) is 13.8 Å². The highest BCUT2D eigenvalue weighted by molar-refractivity contribution is 9.10. The monoisotopic (exact) mass is 421 g/mol. The van der Waals surface area contributed by atoms with E-state index in [0.717, 1.165) is 21.3 Å². The maximum absolute atomic E-state index is 12.2. The summed E-state index contributed by atoms with van der Waals surface area (Å²) in [5.41, 5.74) is 2.60. The maximum atomic E-state index is 12.2. The van der Waals surface area contributed by atoms with Crippen molar-refractivity contribution >= 4 is 39.3 Å². The molecule has 0 aliphatic heterocycles. The Bertz CT molecular complexity index is 921. The Labute approximate surface area is 157 Å². The largest absolute Gasteiger partial charge is 0.469 e. The number of aryl methyl sites for hydroxylation is 2. The van der Waals surface area contributed by atoms with Gasteiger partial charge in [-0.2, -0.15) is 0 Å². The van der Waals surface area contributed by atoms with Gasteiger partial charge in [-0.05, 0) is 53.5 Å². The zero-order chi connectivity index (χ0) is 18.0. The molecule has 3 N–H and O–H groups in total. The van der Waals surface area contributed by atoms with E-state index in [4.69, 9.17) is 10.3 Å². The number of anilines is 1. The summed E-state index contributed by atoms with van der Waals surface area (Å²) in [6, 6.07) is 7.51. The van der Waals surface area contributed by atoms with Crippen LogP contribution in [0.25, 0.3) is 11.4 Å². The predicted molar refractivity (Wildman–Crippen MR) is 101 cm³/mol. The lowest BCUT2D eigenvalue weighted by molar-refractivity contribution is -0.113. The molecule has 7 nitrogen and oxygen atoms in total. The molecule has 9 heteroatoms. The number of halogens is 1. The Morgan fingerprint density at radius 2 is 2.16 bits per heavy atom. The molecule has 1 aromatic carbocycles. The average molecular weight is 422 g/mol. The minimum absolute atomic E-state index is 0.154. The topological polar surface area (TPSA) is 99.0 Å². The van der Waals surface area contributed by atoms with Crippen LogP contribution in [0.3, 0.4) is 0 Å². The van der Waals surface area contributed by atoms with E-state index in [0.29, 0.717) is 16.7 Å². The van der Waals surface area contributed by atoms with Crippen molar-refractivity contribution in [1.82, 2.24) is 14.9 Å². The first-order chi connectivity index (χ1) is 12.0. The van der Waals surface area contributed by atoms with Crippen molar-refractivity contribution in [1.29, 1.82) is 0 Å². The van der Waals surface area contributed by atoms with Gasteiger partial charge in [0.1, 0.15) is 5.76 Å². The fourth-order valence-electron chi connectivity index (χ4n) is 2.21. The average Bonchev–Trinajstić information content (AvgIpc) is 3.14. The minimum Gasteiger partial charge on any atom is -0.469 e. The van der Waals surface area contributed by atoms with Crippen molar-refractivity contribution in [3.05, 3.63) is 46.3 Å². The standard InChI is InChI=1S/C16H16BrN5O2S/c1-9-3-4-13(12(17)7-9)19-14(23)8-25-16-21-20-15(22(16)18)11-5-6-24-10(11)2/h3-7H,8,18H2,1-2H3,(H,19,23). The van der Waals surface area contributed by atoms with Crippen molar-refractivity contribution < 1.29 is 9.21 Å². The van der Waals surface area contributed by atoms with Crippen LogP contribution in [0.2, 0.25) is 0 Å². The number of nitrogens with zero attached hydrogens (tertiary/aromatic N) is 3. The fourth-order valence-corrected chi connectivity index (χ4v) is 3.46. The molecule has 0 spiro atoms. The van der Waals surface area contributed by atoms with Gasteiger partial charge < -0.3 is 15.6 Å². The highest BCUT2D eigenvalue weighted by Gasteiger charge is 2.16. The fraction of sp³-hybridized carbons (Fsp3) is 0.188. The summed E-state index contributed by atoms with van der Waals surface area (Å²) in [6.45, 7) is 3.81. The molecule has 2 aromatic heterocycles. The molecule has 3 aromatic rings. The number of carbonyl (C=O) groups is 1. The molecule has 0 aliphatic carbocycles. The molecule has 25 heavy (non-hydrogen) atoms. The minimum atomic E-state index is -0.154.